The summed E-state index contributed by atoms with van der Waals surface area (Å²) >= 11 is 0. The molecule has 128 valence electrons. The molecule has 0 spiro atoms. The summed E-state index contributed by atoms with van der Waals surface area (Å²) in [6.45, 7) is 1.49. The second-order valence-corrected chi connectivity index (χ2v) is 7.77. The average Bonchev–Trinajstić information content (AvgIpc) is 2.75. The number of rotatable bonds is 5. The topological polar surface area (TPSA) is 57.7 Å². The van der Waals surface area contributed by atoms with E-state index in [9.17, 15) is 17.6 Å². The summed E-state index contributed by atoms with van der Waals surface area (Å²) < 4.78 is 38.4. The lowest BCUT2D eigenvalue weighted by molar-refractivity contribution is -0.130. The number of amides is 1. The molecule has 7 heteroatoms. The maximum absolute atomic E-state index is 13.4. The SMILES string of the molecule is CS(=O)(=O)N(CCC(=O)N1CCCCCC1)c1cccc(F)c1. The van der Waals surface area contributed by atoms with Crippen LogP contribution < -0.4 is 4.31 Å². The monoisotopic (exact) mass is 342 g/mol. The fourth-order valence-electron chi connectivity index (χ4n) is 2.79. The highest BCUT2D eigenvalue weighted by atomic mass is 32.2. The Morgan fingerprint density at radius 1 is 1.22 bits per heavy atom. The van der Waals surface area contributed by atoms with Gasteiger partial charge in [0.05, 0.1) is 11.9 Å². The van der Waals surface area contributed by atoms with E-state index in [4.69, 9.17) is 0 Å². The van der Waals surface area contributed by atoms with Gasteiger partial charge in [-0.3, -0.25) is 9.10 Å². The van der Waals surface area contributed by atoms with Crippen molar-refractivity contribution in [3.05, 3.63) is 30.1 Å². The summed E-state index contributed by atoms with van der Waals surface area (Å²) in [4.78, 5) is 14.1. The van der Waals surface area contributed by atoms with Crippen molar-refractivity contribution in [2.24, 2.45) is 0 Å². The molecule has 1 aliphatic rings. The van der Waals surface area contributed by atoms with Crippen LogP contribution >= 0.6 is 0 Å². The van der Waals surface area contributed by atoms with Gasteiger partial charge in [0, 0.05) is 26.1 Å². The van der Waals surface area contributed by atoms with E-state index < -0.39 is 15.8 Å². The molecule has 0 saturated carbocycles. The minimum absolute atomic E-state index is 0.0254. The first-order valence-corrected chi connectivity index (χ1v) is 9.74. The number of nitrogens with zero attached hydrogens (tertiary/aromatic N) is 2. The second kappa shape index (κ2) is 7.77. The Hall–Kier alpha value is -1.63. The third kappa shape index (κ3) is 5.20. The van der Waals surface area contributed by atoms with E-state index in [-0.39, 0.29) is 24.6 Å². The summed E-state index contributed by atoms with van der Waals surface area (Å²) in [6.07, 6.45) is 5.40. The predicted octanol–water partition coefficient (Wildman–Crippen LogP) is 2.38. The quantitative estimate of drug-likeness (QED) is 0.825. The minimum atomic E-state index is -3.57. The molecule has 1 amide bonds. The number of hydrogen-bond donors (Lipinski definition) is 0. The van der Waals surface area contributed by atoms with Gasteiger partial charge in [-0.15, -0.1) is 0 Å². The van der Waals surface area contributed by atoms with Gasteiger partial charge in [-0.25, -0.2) is 12.8 Å². The van der Waals surface area contributed by atoms with E-state index in [1.165, 1.54) is 18.2 Å². The first kappa shape index (κ1) is 17.7. The van der Waals surface area contributed by atoms with Gasteiger partial charge < -0.3 is 4.90 Å². The molecule has 0 bridgehead atoms. The Morgan fingerprint density at radius 3 is 2.43 bits per heavy atom. The molecule has 1 aromatic carbocycles. The number of likely N-dealkylation sites (tertiary alicyclic amines) is 1. The van der Waals surface area contributed by atoms with Crippen LogP contribution in [0.2, 0.25) is 0 Å². The van der Waals surface area contributed by atoms with Gasteiger partial charge in [-0.2, -0.15) is 0 Å². The first-order valence-electron chi connectivity index (χ1n) is 7.89. The molecule has 1 aromatic rings. The molecule has 0 unspecified atom stereocenters. The second-order valence-electron chi connectivity index (χ2n) is 5.86. The Labute approximate surface area is 137 Å². The summed E-state index contributed by atoms with van der Waals surface area (Å²) in [5.41, 5.74) is 0.246. The summed E-state index contributed by atoms with van der Waals surface area (Å²) in [5, 5.41) is 0. The number of carbonyl (C=O) groups is 1. The summed E-state index contributed by atoms with van der Waals surface area (Å²) in [7, 11) is -3.57. The maximum Gasteiger partial charge on any atom is 0.232 e. The smallest absolute Gasteiger partial charge is 0.232 e. The van der Waals surface area contributed by atoms with Gasteiger partial charge in [0.25, 0.3) is 0 Å². The van der Waals surface area contributed by atoms with E-state index in [1.54, 1.807) is 4.90 Å². The molecule has 1 saturated heterocycles. The number of halogens is 1. The molecular weight excluding hydrogens is 319 g/mol. The van der Waals surface area contributed by atoms with Crippen LogP contribution in [0.3, 0.4) is 0 Å². The minimum Gasteiger partial charge on any atom is -0.343 e. The average molecular weight is 342 g/mol. The summed E-state index contributed by atoms with van der Waals surface area (Å²) in [6, 6.07) is 5.41. The number of anilines is 1. The third-order valence-electron chi connectivity index (χ3n) is 3.98. The van der Waals surface area contributed by atoms with Crippen LogP contribution in [-0.4, -0.2) is 45.1 Å². The molecule has 0 aliphatic carbocycles. The zero-order chi connectivity index (χ0) is 16.9. The van der Waals surface area contributed by atoms with Crippen molar-refractivity contribution in [3.63, 3.8) is 0 Å². The van der Waals surface area contributed by atoms with Crippen LogP contribution in [0.1, 0.15) is 32.1 Å². The third-order valence-corrected chi connectivity index (χ3v) is 5.18. The van der Waals surface area contributed by atoms with E-state index in [1.807, 2.05) is 0 Å². The fourth-order valence-corrected chi connectivity index (χ4v) is 3.71. The lowest BCUT2D eigenvalue weighted by atomic mass is 10.2. The molecule has 1 aliphatic heterocycles. The Balaban J connectivity index is 2.05. The number of carbonyl (C=O) groups excluding carboxylic acids is 1. The molecule has 0 atom stereocenters. The number of sulfonamides is 1. The zero-order valence-electron chi connectivity index (χ0n) is 13.4. The van der Waals surface area contributed by atoms with Crippen LogP contribution in [0.4, 0.5) is 10.1 Å². The van der Waals surface area contributed by atoms with E-state index >= 15 is 0 Å². The highest BCUT2D eigenvalue weighted by Crippen LogP contribution is 2.19. The van der Waals surface area contributed by atoms with Crippen molar-refractivity contribution >= 4 is 21.6 Å². The molecule has 23 heavy (non-hydrogen) atoms. The zero-order valence-corrected chi connectivity index (χ0v) is 14.2. The van der Waals surface area contributed by atoms with Crippen molar-refractivity contribution in [1.29, 1.82) is 0 Å². The van der Waals surface area contributed by atoms with Crippen molar-refractivity contribution in [2.75, 3.05) is 30.2 Å². The van der Waals surface area contributed by atoms with E-state index in [0.29, 0.717) is 0 Å². The fraction of sp³-hybridized carbons (Fsp3) is 0.562. The highest BCUT2D eigenvalue weighted by molar-refractivity contribution is 7.92. The van der Waals surface area contributed by atoms with Crippen LogP contribution in [0.5, 0.6) is 0 Å². The molecule has 0 aromatic heterocycles. The molecule has 5 nitrogen and oxygen atoms in total. The standard InChI is InChI=1S/C16H23FN2O3S/c1-23(21,22)19(15-8-6-7-14(17)13-15)12-9-16(20)18-10-4-2-3-5-11-18/h6-8,13H,2-5,9-12H2,1H3. The summed E-state index contributed by atoms with van der Waals surface area (Å²) in [5.74, 6) is -0.549. The number of benzene rings is 1. The molecule has 1 heterocycles. The first-order chi connectivity index (χ1) is 10.9. The molecule has 2 rings (SSSR count). The van der Waals surface area contributed by atoms with Crippen LogP contribution in [0.25, 0.3) is 0 Å². The lowest BCUT2D eigenvalue weighted by Crippen LogP contribution is -2.37. The molecule has 1 fully saturated rings. The van der Waals surface area contributed by atoms with Gasteiger partial charge in [0.15, 0.2) is 0 Å². The molecule has 0 radical (unpaired) electrons. The largest absolute Gasteiger partial charge is 0.343 e. The van der Waals surface area contributed by atoms with Crippen LogP contribution in [-0.2, 0) is 14.8 Å². The van der Waals surface area contributed by atoms with Gasteiger partial charge in [-0.05, 0) is 31.0 Å². The van der Waals surface area contributed by atoms with Gasteiger partial charge in [0.2, 0.25) is 15.9 Å². The molecule has 0 N–H and O–H groups in total. The number of hydrogen-bond acceptors (Lipinski definition) is 3. The highest BCUT2D eigenvalue weighted by Gasteiger charge is 2.21. The van der Waals surface area contributed by atoms with Gasteiger partial charge in [-0.1, -0.05) is 18.9 Å². The molecular formula is C16H23FN2O3S. The lowest BCUT2D eigenvalue weighted by Gasteiger charge is -2.25. The van der Waals surface area contributed by atoms with Crippen molar-refractivity contribution in [1.82, 2.24) is 4.90 Å². The van der Waals surface area contributed by atoms with E-state index in [0.717, 1.165) is 55.4 Å². The Bertz CT molecular complexity index is 640. The Morgan fingerprint density at radius 2 is 1.87 bits per heavy atom. The van der Waals surface area contributed by atoms with Crippen LogP contribution in [0, 0.1) is 5.82 Å². The Kier molecular flexibility index (Phi) is 5.98. The van der Waals surface area contributed by atoms with Gasteiger partial charge >= 0.3 is 0 Å². The van der Waals surface area contributed by atoms with E-state index in [2.05, 4.69) is 0 Å². The normalized spacial score (nSPS) is 16.0. The van der Waals surface area contributed by atoms with Crippen molar-refractivity contribution in [2.45, 2.75) is 32.1 Å². The van der Waals surface area contributed by atoms with Crippen molar-refractivity contribution in [3.8, 4) is 0 Å². The predicted molar refractivity (Wildman–Crippen MR) is 88.3 cm³/mol. The van der Waals surface area contributed by atoms with Gasteiger partial charge in [0.1, 0.15) is 5.82 Å². The van der Waals surface area contributed by atoms with Crippen molar-refractivity contribution < 1.29 is 17.6 Å². The maximum atomic E-state index is 13.4. The van der Waals surface area contributed by atoms with Crippen LogP contribution in [0.15, 0.2) is 24.3 Å².